The molecule has 0 radical (unpaired) electrons. The summed E-state index contributed by atoms with van der Waals surface area (Å²) in [6.45, 7) is 1.29. The van der Waals surface area contributed by atoms with Crippen LogP contribution in [0.4, 0.5) is 0 Å². The first-order valence-electron chi connectivity index (χ1n) is 13.1. The third kappa shape index (κ3) is 6.10. The molecule has 3 amide bonds. The van der Waals surface area contributed by atoms with Gasteiger partial charge in [-0.15, -0.1) is 0 Å². The van der Waals surface area contributed by atoms with Gasteiger partial charge < -0.3 is 20.3 Å². The Morgan fingerprint density at radius 3 is 2.09 bits per heavy atom. The van der Waals surface area contributed by atoms with Crippen LogP contribution in [0.1, 0.15) is 81.0 Å². The number of ether oxygens (including phenoxy) is 1. The predicted octanol–water partition coefficient (Wildman–Crippen LogP) is 3.67. The number of hydrogen-bond donors (Lipinski definition) is 2. The first-order chi connectivity index (χ1) is 16.5. The summed E-state index contributed by atoms with van der Waals surface area (Å²) in [5.41, 5.74) is 0.584. The fourth-order valence-corrected chi connectivity index (χ4v) is 5.77. The molecule has 2 saturated carbocycles. The molecule has 1 aromatic rings. The van der Waals surface area contributed by atoms with Gasteiger partial charge in [0.25, 0.3) is 5.91 Å². The van der Waals surface area contributed by atoms with E-state index < -0.39 is 0 Å². The number of rotatable bonds is 6. The number of nitrogens with one attached hydrogen (secondary N) is 2. The van der Waals surface area contributed by atoms with Gasteiger partial charge in [0.1, 0.15) is 5.75 Å². The van der Waals surface area contributed by atoms with E-state index in [9.17, 15) is 14.4 Å². The molecule has 1 aliphatic heterocycles. The van der Waals surface area contributed by atoms with E-state index in [-0.39, 0.29) is 41.6 Å². The van der Waals surface area contributed by atoms with Crippen molar-refractivity contribution in [1.82, 2.24) is 15.5 Å². The molecule has 3 atom stereocenters. The Labute approximate surface area is 203 Å². The van der Waals surface area contributed by atoms with Gasteiger partial charge in [-0.2, -0.15) is 0 Å². The Hall–Kier alpha value is -2.57. The smallest absolute Gasteiger partial charge is 0.251 e. The molecular formula is C27H39N3O4. The van der Waals surface area contributed by atoms with Crippen molar-refractivity contribution < 1.29 is 19.1 Å². The van der Waals surface area contributed by atoms with Crippen LogP contribution in [-0.2, 0) is 9.59 Å². The van der Waals surface area contributed by atoms with E-state index in [1.807, 2.05) is 4.90 Å². The zero-order chi connectivity index (χ0) is 23.9. The Morgan fingerprint density at radius 1 is 0.794 bits per heavy atom. The summed E-state index contributed by atoms with van der Waals surface area (Å²) in [4.78, 5) is 40.9. The topological polar surface area (TPSA) is 87.7 Å². The van der Waals surface area contributed by atoms with Gasteiger partial charge in [0.15, 0.2) is 0 Å². The number of hydrogen-bond acceptors (Lipinski definition) is 4. The average molecular weight is 470 g/mol. The molecular weight excluding hydrogens is 430 g/mol. The summed E-state index contributed by atoms with van der Waals surface area (Å²) in [6.07, 6.45) is 11.0. The van der Waals surface area contributed by atoms with Crippen molar-refractivity contribution in [2.45, 2.75) is 82.7 Å². The largest absolute Gasteiger partial charge is 0.497 e. The highest BCUT2D eigenvalue weighted by Gasteiger charge is 2.35. The molecule has 1 saturated heterocycles. The second kappa shape index (κ2) is 11.7. The number of piperidine rings is 1. The average Bonchev–Trinajstić information content (AvgIpc) is 2.90. The number of benzene rings is 1. The molecule has 3 fully saturated rings. The molecule has 34 heavy (non-hydrogen) atoms. The zero-order valence-corrected chi connectivity index (χ0v) is 20.4. The number of likely N-dealkylation sites (tertiary alicyclic amines) is 1. The van der Waals surface area contributed by atoms with Gasteiger partial charge in [0.2, 0.25) is 11.8 Å². The minimum atomic E-state index is -0.166. The minimum absolute atomic E-state index is 0.0248. The molecule has 7 nitrogen and oxygen atoms in total. The number of methoxy groups -OCH3 is 1. The Morgan fingerprint density at radius 2 is 1.41 bits per heavy atom. The van der Waals surface area contributed by atoms with Crippen molar-refractivity contribution in [1.29, 1.82) is 0 Å². The van der Waals surface area contributed by atoms with Crippen LogP contribution in [0.3, 0.4) is 0 Å². The molecule has 4 rings (SSSR count). The third-order valence-electron chi connectivity index (χ3n) is 7.82. The van der Waals surface area contributed by atoms with Crippen LogP contribution in [0.2, 0.25) is 0 Å². The van der Waals surface area contributed by atoms with E-state index in [0.29, 0.717) is 17.9 Å². The standard InChI is InChI=1S/C27H39N3O4/c1-34-22-15-13-19(14-16-22)25(31)28-23-11-5-6-12-24(23)29-26(32)21-10-7-17-30(18-21)27(33)20-8-3-2-4-9-20/h13-16,20-21,23-24H,2-12,17-18H2,1H3,(H,28,31)(H,29,32)/t21-,23+,24+/m0/s1. The van der Waals surface area contributed by atoms with Crippen LogP contribution in [0, 0.1) is 11.8 Å². The molecule has 0 spiro atoms. The van der Waals surface area contributed by atoms with Gasteiger partial charge in [-0.1, -0.05) is 32.1 Å². The lowest BCUT2D eigenvalue weighted by molar-refractivity contribution is -0.140. The Kier molecular flexibility index (Phi) is 8.46. The lowest BCUT2D eigenvalue weighted by Gasteiger charge is -2.37. The van der Waals surface area contributed by atoms with Crippen LogP contribution < -0.4 is 15.4 Å². The van der Waals surface area contributed by atoms with E-state index >= 15 is 0 Å². The van der Waals surface area contributed by atoms with Crippen LogP contribution >= 0.6 is 0 Å². The van der Waals surface area contributed by atoms with Gasteiger partial charge in [-0.3, -0.25) is 14.4 Å². The molecule has 3 aliphatic rings. The SMILES string of the molecule is COc1ccc(C(=O)N[C@@H]2CCCC[C@H]2NC(=O)[C@H]2CCCN(C(=O)C3CCCCC3)C2)cc1. The summed E-state index contributed by atoms with van der Waals surface area (Å²) in [5, 5.41) is 6.38. The molecule has 0 aromatic heterocycles. The molecule has 1 aromatic carbocycles. The van der Waals surface area contributed by atoms with Crippen molar-refractivity contribution >= 4 is 17.7 Å². The van der Waals surface area contributed by atoms with Gasteiger partial charge in [-0.05, 0) is 62.8 Å². The molecule has 2 aliphatic carbocycles. The Bertz CT molecular complexity index is 850. The quantitative estimate of drug-likeness (QED) is 0.665. The highest BCUT2D eigenvalue weighted by Crippen LogP contribution is 2.28. The fraction of sp³-hybridized carbons (Fsp3) is 0.667. The van der Waals surface area contributed by atoms with E-state index in [4.69, 9.17) is 4.74 Å². The van der Waals surface area contributed by atoms with Crippen molar-refractivity contribution in [3.8, 4) is 5.75 Å². The maximum Gasteiger partial charge on any atom is 0.251 e. The summed E-state index contributed by atoms with van der Waals surface area (Å²) < 4.78 is 5.17. The number of carbonyl (C=O) groups is 3. The van der Waals surface area contributed by atoms with E-state index in [1.165, 1.54) is 6.42 Å². The van der Waals surface area contributed by atoms with Gasteiger partial charge >= 0.3 is 0 Å². The van der Waals surface area contributed by atoms with Crippen molar-refractivity contribution in [3.63, 3.8) is 0 Å². The highest BCUT2D eigenvalue weighted by molar-refractivity contribution is 5.94. The first kappa shape index (κ1) is 24.6. The lowest BCUT2D eigenvalue weighted by atomic mass is 9.86. The highest BCUT2D eigenvalue weighted by atomic mass is 16.5. The predicted molar refractivity (Wildman–Crippen MR) is 131 cm³/mol. The van der Waals surface area contributed by atoms with E-state index in [1.54, 1.807) is 31.4 Å². The van der Waals surface area contributed by atoms with Crippen molar-refractivity contribution in [2.24, 2.45) is 11.8 Å². The van der Waals surface area contributed by atoms with Gasteiger partial charge in [0, 0.05) is 36.7 Å². The molecule has 2 N–H and O–H groups in total. The van der Waals surface area contributed by atoms with E-state index in [2.05, 4.69) is 10.6 Å². The third-order valence-corrected chi connectivity index (χ3v) is 7.82. The van der Waals surface area contributed by atoms with Crippen LogP contribution in [-0.4, -0.2) is 54.9 Å². The molecule has 0 unspecified atom stereocenters. The number of nitrogens with zero attached hydrogens (tertiary/aromatic N) is 1. The maximum absolute atomic E-state index is 13.2. The number of amides is 3. The summed E-state index contributed by atoms with van der Waals surface area (Å²) in [5.74, 6) is 0.836. The van der Waals surface area contributed by atoms with Crippen molar-refractivity contribution in [2.75, 3.05) is 20.2 Å². The Balaban J connectivity index is 1.32. The second-order valence-electron chi connectivity index (χ2n) is 10.2. The molecule has 0 bridgehead atoms. The second-order valence-corrected chi connectivity index (χ2v) is 10.2. The van der Waals surface area contributed by atoms with Crippen molar-refractivity contribution in [3.05, 3.63) is 29.8 Å². The van der Waals surface area contributed by atoms with Gasteiger partial charge in [-0.25, -0.2) is 0 Å². The minimum Gasteiger partial charge on any atom is -0.497 e. The molecule has 1 heterocycles. The maximum atomic E-state index is 13.2. The number of carbonyl (C=O) groups excluding carboxylic acids is 3. The normalized spacial score (nSPS) is 25.9. The summed E-state index contributed by atoms with van der Waals surface area (Å²) in [7, 11) is 1.60. The van der Waals surface area contributed by atoms with E-state index in [0.717, 1.165) is 70.8 Å². The monoisotopic (exact) mass is 469 g/mol. The van der Waals surface area contributed by atoms with Crippen LogP contribution in [0.15, 0.2) is 24.3 Å². The first-order valence-corrected chi connectivity index (χ1v) is 13.1. The summed E-state index contributed by atoms with van der Waals surface area (Å²) >= 11 is 0. The van der Waals surface area contributed by atoms with Crippen LogP contribution in [0.5, 0.6) is 5.75 Å². The zero-order valence-electron chi connectivity index (χ0n) is 20.4. The van der Waals surface area contributed by atoms with Gasteiger partial charge in [0.05, 0.1) is 13.0 Å². The lowest BCUT2D eigenvalue weighted by Crippen LogP contribution is -2.55. The fourth-order valence-electron chi connectivity index (χ4n) is 5.77. The van der Waals surface area contributed by atoms with Crippen LogP contribution in [0.25, 0.3) is 0 Å². The molecule has 7 heteroatoms. The summed E-state index contributed by atoms with van der Waals surface area (Å²) in [6, 6.07) is 6.90. The molecule has 186 valence electrons.